The van der Waals surface area contributed by atoms with E-state index in [1.807, 2.05) is 0 Å². The number of nitrogens with two attached hydrogens (primary N) is 1. The highest BCUT2D eigenvalue weighted by molar-refractivity contribution is 5.92. The van der Waals surface area contributed by atoms with E-state index in [0.29, 0.717) is 17.7 Å². The summed E-state index contributed by atoms with van der Waals surface area (Å²) in [5, 5.41) is 2.75. The van der Waals surface area contributed by atoms with Crippen LogP contribution in [-0.4, -0.2) is 18.6 Å². The predicted octanol–water partition coefficient (Wildman–Crippen LogP) is 3.05. The number of nitrogens with one attached hydrogen (secondary N) is 1. The molecule has 3 N–H and O–H groups in total. The Kier molecular flexibility index (Phi) is 5.12. The van der Waals surface area contributed by atoms with Gasteiger partial charge in [-0.2, -0.15) is 8.78 Å². The molecule has 1 amide bonds. The SMILES string of the molecule is Cc1ccc(NC(=O)C2CCCC(N)C2)cc1OC(F)F. The molecule has 1 aromatic carbocycles. The molecule has 0 spiro atoms. The molecule has 1 aliphatic carbocycles. The van der Waals surface area contributed by atoms with Gasteiger partial charge in [0.05, 0.1) is 0 Å². The van der Waals surface area contributed by atoms with Crippen molar-refractivity contribution in [1.29, 1.82) is 0 Å². The lowest BCUT2D eigenvalue weighted by atomic mass is 9.85. The first-order valence-electron chi connectivity index (χ1n) is 7.07. The molecule has 0 saturated heterocycles. The summed E-state index contributed by atoms with van der Waals surface area (Å²) in [6.45, 7) is -1.21. The first-order valence-corrected chi connectivity index (χ1v) is 7.07. The van der Waals surface area contributed by atoms with Crippen LogP contribution in [0.4, 0.5) is 14.5 Å². The van der Waals surface area contributed by atoms with E-state index in [-0.39, 0.29) is 23.6 Å². The molecule has 2 unspecified atom stereocenters. The second-order valence-corrected chi connectivity index (χ2v) is 5.47. The Bertz CT molecular complexity index is 508. The molecule has 0 aliphatic heterocycles. The summed E-state index contributed by atoms with van der Waals surface area (Å²) in [6, 6.07) is 4.79. The van der Waals surface area contributed by atoms with Gasteiger partial charge in [0.25, 0.3) is 0 Å². The molecule has 4 nitrogen and oxygen atoms in total. The monoisotopic (exact) mass is 298 g/mol. The Morgan fingerprint density at radius 2 is 2.19 bits per heavy atom. The molecule has 116 valence electrons. The number of carbonyl (C=O) groups is 1. The van der Waals surface area contributed by atoms with Crippen molar-refractivity contribution in [2.75, 3.05) is 5.32 Å². The van der Waals surface area contributed by atoms with Crippen LogP contribution in [0.1, 0.15) is 31.2 Å². The maximum Gasteiger partial charge on any atom is 0.387 e. The van der Waals surface area contributed by atoms with Crippen molar-refractivity contribution in [3.63, 3.8) is 0 Å². The van der Waals surface area contributed by atoms with Gasteiger partial charge in [-0.1, -0.05) is 12.5 Å². The third-order valence-electron chi connectivity index (χ3n) is 3.76. The van der Waals surface area contributed by atoms with Crippen LogP contribution in [0.5, 0.6) is 5.75 Å². The van der Waals surface area contributed by atoms with Crippen LogP contribution in [0.15, 0.2) is 18.2 Å². The minimum Gasteiger partial charge on any atom is -0.434 e. The second-order valence-electron chi connectivity index (χ2n) is 5.47. The maximum absolute atomic E-state index is 12.3. The van der Waals surface area contributed by atoms with Crippen molar-refractivity contribution in [2.24, 2.45) is 11.7 Å². The van der Waals surface area contributed by atoms with E-state index in [1.54, 1.807) is 19.1 Å². The number of carbonyl (C=O) groups excluding carboxylic acids is 1. The molecule has 6 heteroatoms. The molecule has 1 fully saturated rings. The minimum atomic E-state index is -2.88. The highest BCUT2D eigenvalue weighted by atomic mass is 19.3. The number of benzene rings is 1. The largest absolute Gasteiger partial charge is 0.434 e. The molecule has 0 aromatic heterocycles. The summed E-state index contributed by atoms with van der Waals surface area (Å²) in [4.78, 5) is 12.2. The van der Waals surface area contributed by atoms with Crippen molar-refractivity contribution in [1.82, 2.24) is 0 Å². The Morgan fingerprint density at radius 3 is 2.86 bits per heavy atom. The quantitative estimate of drug-likeness (QED) is 0.898. The van der Waals surface area contributed by atoms with Crippen LogP contribution in [0.2, 0.25) is 0 Å². The summed E-state index contributed by atoms with van der Waals surface area (Å²) in [5.41, 5.74) is 6.92. The van der Waals surface area contributed by atoms with Crippen LogP contribution in [0.25, 0.3) is 0 Å². The second kappa shape index (κ2) is 6.85. The lowest BCUT2D eigenvalue weighted by molar-refractivity contribution is -0.120. The Hall–Kier alpha value is -1.69. The van der Waals surface area contributed by atoms with E-state index < -0.39 is 6.61 Å². The third kappa shape index (κ3) is 4.39. The molecule has 0 heterocycles. The zero-order valence-corrected chi connectivity index (χ0v) is 11.9. The number of aryl methyl sites for hydroxylation is 1. The number of alkyl halides is 2. The average Bonchev–Trinajstić information content (AvgIpc) is 2.42. The van der Waals surface area contributed by atoms with Crippen LogP contribution in [-0.2, 0) is 4.79 Å². The molecule has 1 saturated carbocycles. The average molecular weight is 298 g/mol. The highest BCUT2D eigenvalue weighted by Gasteiger charge is 2.25. The molecular formula is C15H20F2N2O2. The van der Waals surface area contributed by atoms with Crippen molar-refractivity contribution in [3.05, 3.63) is 23.8 Å². The summed E-state index contributed by atoms with van der Waals surface area (Å²) in [6.07, 6.45) is 3.36. The normalized spacial score (nSPS) is 22.1. The van der Waals surface area contributed by atoms with Gasteiger partial charge in [-0.15, -0.1) is 0 Å². The highest BCUT2D eigenvalue weighted by Crippen LogP contribution is 2.27. The van der Waals surface area contributed by atoms with Crippen LogP contribution in [0.3, 0.4) is 0 Å². The number of amides is 1. The van der Waals surface area contributed by atoms with E-state index in [1.165, 1.54) is 6.07 Å². The van der Waals surface area contributed by atoms with Crippen LogP contribution >= 0.6 is 0 Å². The number of ether oxygens (including phenoxy) is 1. The Labute approximate surface area is 122 Å². The number of hydrogen-bond acceptors (Lipinski definition) is 3. The Balaban J connectivity index is 2.03. The molecule has 0 bridgehead atoms. The maximum atomic E-state index is 12.3. The predicted molar refractivity (Wildman–Crippen MR) is 76.4 cm³/mol. The lowest BCUT2D eigenvalue weighted by Crippen LogP contribution is -2.34. The smallest absolute Gasteiger partial charge is 0.387 e. The number of rotatable bonds is 4. The van der Waals surface area contributed by atoms with E-state index in [9.17, 15) is 13.6 Å². The van der Waals surface area contributed by atoms with Gasteiger partial charge in [-0.3, -0.25) is 4.79 Å². The topological polar surface area (TPSA) is 64.4 Å². The van der Waals surface area contributed by atoms with Crippen molar-refractivity contribution in [2.45, 2.75) is 45.3 Å². The molecule has 2 rings (SSSR count). The van der Waals surface area contributed by atoms with Gasteiger partial charge in [0.2, 0.25) is 5.91 Å². The molecule has 2 atom stereocenters. The van der Waals surface area contributed by atoms with Crippen LogP contribution in [0, 0.1) is 12.8 Å². The van der Waals surface area contributed by atoms with E-state index in [4.69, 9.17) is 5.73 Å². The van der Waals surface area contributed by atoms with E-state index >= 15 is 0 Å². The van der Waals surface area contributed by atoms with Gasteiger partial charge in [-0.25, -0.2) is 0 Å². The zero-order chi connectivity index (χ0) is 15.4. The van der Waals surface area contributed by atoms with Crippen LogP contribution < -0.4 is 15.8 Å². The van der Waals surface area contributed by atoms with E-state index in [0.717, 1.165) is 19.3 Å². The van der Waals surface area contributed by atoms with Gasteiger partial charge in [0.15, 0.2) is 0 Å². The van der Waals surface area contributed by atoms with Gasteiger partial charge in [-0.05, 0) is 37.8 Å². The Morgan fingerprint density at radius 1 is 1.43 bits per heavy atom. The third-order valence-corrected chi connectivity index (χ3v) is 3.76. The molecule has 0 radical (unpaired) electrons. The van der Waals surface area contributed by atoms with E-state index in [2.05, 4.69) is 10.1 Å². The van der Waals surface area contributed by atoms with Gasteiger partial charge in [0, 0.05) is 23.7 Å². The summed E-state index contributed by atoms with van der Waals surface area (Å²) in [7, 11) is 0. The number of anilines is 1. The first kappa shape index (κ1) is 15.7. The minimum absolute atomic E-state index is 0.0604. The number of hydrogen-bond donors (Lipinski definition) is 2. The van der Waals surface area contributed by atoms with Gasteiger partial charge >= 0.3 is 6.61 Å². The molecule has 1 aromatic rings. The zero-order valence-electron chi connectivity index (χ0n) is 11.9. The lowest BCUT2D eigenvalue weighted by Gasteiger charge is -2.25. The fourth-order valence-electron chi connectivity index (χ4n) is 2.61. The molecule has 1 aliphatic rings. The van der Waals surface area contributed by atoms with Gasteiger partial charge in [0.1, 0.15) is 5.75 Å². The summed E-state index contributed by atoms with van der Waals surface area (Å²) < 4.78 is 29.0. The van der Waals surface area contributed by atoms with Crippen molar-refractivity contribution < 1.29 is 18.3 Å². The fraction of sp³-hybridized carbons (Fsp3) is 0.533. The van der Waals surface area contributed by atoms with Crippen molar-refractivity contribution >= 4 is 11.6 Å². The summed E-state index contributed by atoms with van der Waals surface area (Å²) in [5.74, 6) is -0.158. The van der Waals surface area contributed by atoms with Gasteiger partial charge < -0.3 is 15.8 Å². The number of halogens is 2. The standard InChI is InChI=1S/C15H20F2N2O2/c1-9-5-6-12(8-13(9)21-15(16)17)19-14(20)10-3-2-4-11(18)7-10/h5-6,8,10-11,15H,2-4,7,18H2,1H3,(H,19,20). The fourth-order valence-corrected chi connectivity index (χ4v) is 2.61. The summed E-state index contributed by atoms with van der Waals surface area (Å²) >= 11 is 0. The molecular weight excluding hydrogens is 278 g/mol. The first-order chi connectivity index (χ1) is 9.95. The van der Waals surface area contributed by atoms with Crippen molar-refractivity contribution in [3.8, 4) is 5.75 Å². The molecule has 21 heavy (non-hydrogen) atoms.